The number of rotatable bonds is 4. The van der Waals surface area contributed by atoms with E-state index >= 15 is 0 Å². The van der Waals surface area contributed by atoms with Crippen molar-refractivity contribution in [1.29, 1.82) is 0 Å². The van der Waals surface area contributed by atoms with Crippen molar-refractivity contribution in [3.63, 3.8) is 0 Å². The van der Waals surface area contributed by atoms with Crippen molar-refractivity contribution in [2.75, 3.05) is 10.2 Å². The van der Waals surface area contributed by atoms with E-state index in [1.165, 1.54) is 4.26 Å². The van der Waals surface area contributed by atoms with Crippen LogP contribution in [0, 0.1) is 0 Å². The first kappa shape index (κ1) is 19.3. The summed E-state index contributed by atoms with van der Waals surface area (Å²) in [4.78, 5) is 12.1. The standard InChI is InChI=1S/C26H20N4Se/c1-4-12-20(13-5-1)27-25(28-21-14-6-2-7-15-21)30(22-16-8-3-9-17-22)26-29-23-18-10-11-19-24(23)31-26/h1-19H,(H,27,28). The van der Waals surface area contributed by atoms with Crippen molar-refractivity contribution in [3.05, 3.63) is 115 Å². The molecule has 0 aliphatic carbocycles. The molecule has 0 radical (unpaired) electrons. The molecule has 4 nitrogen and oxygen atoms in total. The predicted octanol–water partition coefficient (Wildman–Crippen LogP) is 6.23. The maximum atomic E-state index is 5.00. The Morgan fingerprint density at radius 3 is 2.03 bits per heavy atom. The Labute approximate surface area is 187 Å². The van der Waals surface area contributed by atoms with Crippen LogP contribution in [0.15, 0.2) is 120 Å². The summed E-state index contributed by atoms with van der Waals surface area (Å²) >= 11 is 0.0717. The average Bonchev–Trinajstić information content (AvgIpc) is 3.25. The Hall–Kier alpha value is -3.66. The molecule has 1 N–H and O–H groups in total. The molecule has 1 aromatic heterocycles. The number of fused-ring (bicyclic) bond motifs is 1. The van der Waals surface area contributed by atoms with Gasteiger partial charge in [-0.25, -0.2) is 0 Å². The zero-order chi connectivity index (χ0) is 20.9. The van der Waals surface area contributed by atoms with Gasteiger partial charge in [-0.3, -0.25) is 0 Å². The number of aromatic nitrogens is 1. The number of nitrogens with one attached hydrogen (secondary N) is 1. The van der Waals surface area contributed by atoms with Crippen LogP contribution in [0.5, 0.6) is 0 Å². The van der Waals surface area contributed by atoms with Gasteiger partial charge in [0.25, 0.3) is 0 Å². The number of hydrogen-bond donors (Lipinski definition) is 1. The van der Waals surface area contributed by atoms with E-state index < -0.39 is 0 Å². The molecule has 0 saturated heterocycles. The predicted molar refractivity (Wildman–Crippen MR) is 131 cm³/mol. The first-order valence-corrected chi connectivity index (χ1v) is 11.7. The fraction of sp³-hybridized carbons (Fsp3) is 0. The summed E-state index contributed by atoms with van der Waals surface area (Å²) in [5, 5.41) is 3.53. The molecule has 4 aromatic carbocycles. The number of para-hydroxylation sites is 4. The molecule has 0 aliphatic heterocycles. The summed E-state index contributed by atoms with van der Waals surface area (Å²) < 4.78 is 2.28. The van der Waals surface area contributed by atoms with Crippen molar-refractivity contribution in [1.82, 2.24) is 4.98 Å². The second-order valence-electron chi connectivity index (χ2n) is 6.90. The third-order valence-corrected chi connectivity index (χ3v) is 6.86. The summed E-state index contributed by atoms with van der Waals surface area (Å²) in [6.07, 6.45) is 0. The normalized spacial score (nSPS) is 11.4. The second kappa shape index (κ2) is 9.00. The Kier molecular flexibility index (Phi) is 5.61. The first-order valence-electron chi connectivity index (χ1n) is 10.0. The molecule has 0 amide bonds. The van der Waals surface area contributed by atoms with Crippen LogP contribution in [-0.4, -0.2) is 25.4 Å². The van der Waals surface area contributed by atoms with Crippen LogP contribution in [-0.2, 0) is 0 Å². The van der Waals surface area contributed by atoms with Crippen molar-refractivity contribution in [3.8, 4) is 0 Å². The minimum atomic E-state index is 0.0717. The van der Waals surface area contributed by atoms with Crippen LogP contribution in [0.25, 0.3) is 9.78 Å². The summed E-state index contributed by atoms with van der Waals surface area (Å²) in [7, 11) is 0. The van der Waals surface area contributed by atoms with Gasteiger partial charge in [0.05, 0.1) is 0 Å². The summed E-state index contributed by atoms with van der Waals surface area (Å²) in [5.41, 5.74) is 3.92. The van der Waals surface area contributed by atoms with Gasteiger partial charge < -0.3 is 0 Å². The molecule has 0 fully saturated rings. The molecule has 31 heavy (non-hydrogen) atoms. The summed E-state index contributed by atoms with van der Waals surface area (Å²) in [5.74, 6) is 0.719. The van der Waals surface area contributed by atoms with E-state index in [1.54, 1.807) is 0 Å². The van der Waals surface area contributed by atoms with Gasteiger partial charge in [-0.1, -0.05) is 0 Å². The fourth-order valence-corrected chi connectivity index (χ4v) is 5.34. The summed E-state index contributed by atoms with van der Waals surface area (Å²) in [6.45, 7) is 0. The third-order valence-electron chi connectivity index (χ3n) is 4.72. The molecule has 0 unspecified atom stereocenters. The number of benzene rings is 4. The molecule has 5 heteroatoms. The molecular formula is C26H20N4Se. The number of aliphatic imine (C=N–C) groups is 1. The SMILES string of the molecule is c1ccc(N=C(Nc2ccccc2)N(c2ccccc2)c2nc3ccccc3[se]2)cc1. The molecule has 5 aromatic rings. The Morgan fingerprint density at radius 1 is 0.710 bits per heavy atom. The minimum absolute atomic E-state index is 0.0717. The van der Waals surface area contributed by atoms with E-state index in [2.05, 4.69) is 40.5 Å². The van der Waals surface area contributed by atoms with E-state index in [4.69, 9.17) is 9.98 Å². The molecule has 0 spiro atoms. The zero-order valence-corrected chi connectivity index (χ0v) is 18.4. The molecule has 0 aliphatic rings. The van der Waals surface area contributed by atoms with Gasteiger partial charge in [0.15, 0.2) is 0 Å². The van der Waals surface area contributed by atoms with E-state index in [1.807, 2.05) is 84.9 Å². The maximum absolute atomic E-state index is 5.00. The molecule has 5 rings (SSSR count). The van der Waals surface area contributed by atoms with Crippen LogP contribution in [0.1, 0.15) is 0 Å². The van der Waals surface area contributed by atoms with Gasteiger partial charge >= 0.3 is 187 Å². The van der Waals surface area contributed by atoms with Crippen LogP contribution in [0.2, 0.25) is 0 Å². The Morgan fingerprint density at radius 2 is 1.32 bits per heavy atom. The third kappa shape index (κ3) is 4.43. The van der Waals surface area contributed by atoms with Gasteiger partial charge in [-0.15, -0.1) is 0 Å². The molecule has 0 atom stereocenters. The van der Waals surface area contributed by atoms with Crippen LogP contribution in [0.3, 0.4) is 0 Å². The molecular weight excluding hydrogens is 447 g/mol. The van der Waals surface area contributed by atoms with E-state index in [-0.39, 0.29) is 14.5 Å². The monoisotopic (exact) mass is 468 g/mol. The molecule has 1 heterocycles. The van der Waals surface area contributed by atoms with Gasteiger partial charge in [-0.05, 0) is 0 Å². The number of guanidine groups is 1. The van der Waals surface area contributed by atoms with Crippen LogP contribution in [0.4, 0.5) is 21.8 Å². The Balaban J connectivity index is 1.68. The van der Waals surface area contributed by atoms with Gasteiger partial charge in [0, 0.05) is 0 Å². The van der Waals surface area contributed by atoms with E-state index in [9.17, 15) is 0 Å². The van der Waals surface area contributed by atoms with Crippen LogP contribution >= 0.6 is 0 Å². The van der Waals surface area contributed by atoms with Crippen molar-refractivity contribution < 1.29 is 0 Å². The molecule has 0 bridgehead atoms. The summed E-state index contributed by atoms with van der Waals surface area (Å²) in [6, 6.07) is 38.8. The van der Waals surface area contributed by atoms with E-state index in [0.717, 1.165) is 33.2 Å². The van der Waals surface area contributed by atoms with Crippen molar-refractivity contribution >= 4 is 52.0 Å². The zero-order valence-electron chi connectivity index (χ0n) is 16.7. The van der Waals surface area contributed by atoms with Crippen molar-refractivity contribution in [2.45, 2.75) is 0 Å². The molecule has 0 saturated carbocycles. The van der Waals surface area contributed by atoms with Gasteiger partial charge in [-0.2, -0.15) is 0 Å². The quantitative estimate of drug-likeness (QED) is 0.194. The number of anilines is 3. The number of hydrogen-bond acceptors (Lipinski definition) is 2. The first-order chi connectivity index (χ1) is 15.4. The Bertz CT molecular complexity index is 1270. The fourth-order valence-electron chi connectivity index (χ4n) is 3.27. The van der Waals surface area contributed by atoms with Gasteiger partial charge in [0.1, 0.15) is 0 Å². The average molecular weight is 467 g/mol. The molecule has 150 valence electrons. The van der Waals surface area contributed by atoms with Crippen LogP contribution < -0.4 is 10.2 Å². The van der Waals surface area contributed by atoms with Crippen molar-refractivity contribution in [2.24, 2.45) is 4.99 Å². The van der Waals surface area contributed by atoms with Gasteiger partial charge in [0.2, 0.25) is 0 Å². The number of nitrogens with zero attached hydrogens (tertiary/aromatic N) is 3. The topological polar surface area (TPSA) is 40.5 Å². The second-order valence-corrected chi connectivity index (χ2v) is 9.01. The van der Waals surface area contributed by atoms with E-state index in [0.29, 0.717) is 0 Å².